The Kier molecular flexibility index (Phi) is 43.7. The van der Waals surface area contributed by atoms with Crippen LogP contribution in [0.25, 0.3) is 4.65 Å². The van der Waals surface area contributed by atoms with Crippen LogP contribution in [0.15, 0.2) is 0 Å². The van der Waals surface area contributed by atoms with E-state index >= 15 is 0 Å². The summed E-state index contributed by atoms with van der Waals surface area (Å²) in [5.41, 5.74) is 0. The number of hydrogen-bond acceptors (Lipinski definition) is 5. The van der Waals surface area contributed by atoms with Crippen LogP contribution in [0.5, 0.6) is 0 Å². The maximum Gasteiger partial charge on any atom is 2.00 e. The van der Waals surface area contributed by atoms with Gasteiger partial charge in [-0.1, -0.05) is 95.0 Å². The third-order valence-corrected chi connectivity index (χ3v) is 21.9. The molecular formula is C35H88Cl2Li2MgN6Si4. The average molecular weight is 815 g/mol. The molecule has 0 aliphatic carbocycles. The minimum absolute atomic E-state index is 0. The zero-order valence-corrected chi connectivity index (χ0v) is 45.5. The molecule has 2 rings (SSSR count). The number of likely N-dealkylation sites (tertiary alicyclic amines) is 2. The van der Waals surface area contributed by atoms with Gasteiger partial charge in [-0.3, -0.25) is 19.6 Å². The van der Waals surface area contributed by atoms with E-state index in [0.717, 1.165) is 6.67 Å². The van der Waals surface area contributed by atoms with Gasteiger partial charge in [0, 0.05) is 24.2 Å². The zero-order chi connectivity index (χ0) is 36.0. The fraction of sp³-hybridized carbons (Fsp3) is 1.00. The number of nitrogens with zero attached hydrogens (tertiary/aromatic N) is 6. The van der Waals surface area contributed by atoms with Crippen LogP contribution in [-0.2, 0) is 0 Å². The maximum atomic E-state index is 4.82. The van der Waals surface area contributed by atoms with E-state index in [-0.39, 0.29) is 87.0 Å². The van der Waals surface area contributed by atoms with Crippen LogP contribution in [0.2, 0.25) is 78.6 Å². The van der Waals surface area contributed by atoms with Crippen molar-refractivity contribution in [2.45, 2.75) is 184 Å². The Morgan fingerprint density at radius 2 is 0.740 bits per heavy atom. The summed E-state index contributed by atoms with van der Waals surface area (Å²) in [6.45, 7) is 54.1. The van der Waals surface area contributed by atoms with E-state index < -0.39 is 32.9 Å². The minimum Gasteiger partial charge on any atom is -1.00 e. The third kappa shape index (κ3) is 36.8. The molecule has 0 amide bonds. The van der Waals surface area contributed by atoms with E-state index in [2.05, 4.69) is 165 Å². The molecule has 292 valence electrons. The molecule has 0 spiro atoms. The summed E-state index contributed by atoms with van der Waals surface area (Å²) in [5.74, 6) is 0. The van der Waals surface area contributed by atoms with Crippen molar-refractivity contribution >= 4 is 56.0 Å². The number of rotatable bonds is 12. The molecule has 0 aromatic carbocycles. The van der Waals surface area contributed by atoms with Gasteiger partial charge in [0.1, 0.15) is 16.5 Å². The molecule has 2 saturated heterocycles. The molecule has 50 heavy (non-hydrogen) atoms. The van der Waals surface area contributed by atoms with E-state index in [9.17, 15) is 0 Å². The number of hydrogen-bond donors (Lipinski definition) is 0. The SMILES string of the molecule is C1CCN(CN2CCCC2)C1.CC(C)N(CN(C(C)C)C(C)C)C(C)C.CN([Si](C)(C)C)[Si](C)(C)C.C[Si](C)(C)[N-][Si](C)(C)C.[Cl-].[Cl-].[H-].[Li+].[Li+].[Mg+2]. The summed E-state index contributed by atoms with van der Waals surface area (Å²) < 4.78 is 7.47. The van der Waals surface area contributed by atoms with Crippen LogP contribution in [0, 0.1) is 0 Å². The first-order chi connectivity index (χ1) is 20.1. The normalized spacial score (nSPS) is 15.6. The Bertz CT molecular complexity index is 689. The van der Waals surface area contributed by atoms with Crippen LogP contribution < -0.4 is 62.5 Å². The van der Waals surface area contributed by atoms with Crippen molar-refractivity contribution < 1.29 is 64.0 Å². The van der Waals surface area contributed by atoms with Crippen molar-refractivity contribution in [1.29, 1.82) is 0 Å². The van der Waals surface area contributed by atoms with Gasteiger partial charge in [-0.2, -0.15) is 0 Å². The zero-order valence-electron chi connectivity index (χ0n) is 39.5. The first-order valence-electron chi connectivity index (χ1n) is 18.5. The summed E-state index contributed by atoms with van der Waals surface area (Å²) >= 11 is 0. The molecule has 6 nitrogen and oxygen atoms in total. The van der Waals surface area contributed by atoms with Gasteiger partial charge in [0.25, 0.3) is 0 Å². The largest absolute Gasteiger partial charge is 2.00 e. The minimum atomic E-state index is -1.11. The predicted octanol–water partition coefficient (Wildman–Crippen LogP) is -2.32. The Morgan fingerprint density at radius 1 is 0.520 bits per heavy atom. The van der Waals surface area contributed by atoms with E-state index in [0.29, 0.717) is 24.2 Å². The fourth-order valence-corrected chi connectivity index (χ4v) is 22.3. The van der Waals surface area contributed by atoms with Crippen LogP contribution in [0.1, 0.15) is 82.5 Å². The van der Waals surface area contributed by atoms with Gasteiger partial charge in [0.2, 0.25) is 0 Å². The van der Waals surface area contributed by atoms with Gasteiger partial charge in [-0.15, -0.1) is 0 Å². The molecular weight excluding hydrogens is 726 g/mol. The van der Waals surface area contributed by atoms with E-state index in [1.165, 1.54) is 58.5 Å². The summed E-state index contributed by atoms with van der Waals surface area (Å²) in [5, 5.41) is 0. The Hall–Kier alpha value is 3.17. The topological polar surface area (TPSA) is 30.3 Å². The van der Waals surface area contributed by atoms with Crippen molar-refractivity contribution in [1.82, 2.24) is 23.8 Å². The summed E-state index contributed by atoms with van der Waals surface area (Å²) in [6.07, 6.45) is 5.70. The molecule has 2 aliphatic rings. The smallest absolute Gasteiger partial charge is 1.00 e. The standard InChI is InChI=1S/C13H30N2.C9H18N2.C7H21NSi2.C6H18NSi2.2ClH.2Li.Mg.H/c1-10(2)14(11(3)4)9-15(12(5)6)13(7)8;1-2-6-10(5-1)9-11-7-3-4-8-11;1-8(9(2,3)4)10(5,6)7;1-8(2,3)7-9(4,5)6;;;;;;/h10-13H,9H2,1-8H3;1-9H2;1-7H3;1-6H3;2*1H;;;;/q;;;-1;;;2*+1;+2;-1/p-2. The third-order valence-electron chi connectivity index (χ3n) is 8.46. The van der Waals surface area contributed by atoms with E-state index in [1.807, 2.05) is 0 Å². The maximum absolute atomic E-state index is 4.82. The number of halogens is 2. The first-order valence-corrected chi connectivity index (χ1v) is 32.3. The molecule has 0 bridgehead atoms. The second kappa shape index (κ2) is 32.2. The Labute approximate surface area is 375 Å². The second-order valence-electron chi connectivity index (χ2n) is 18.7. The van der Waals surface area contributed by atoms with Crippen LogP contribution >= 0.6 is 0 Å². The van der Waals surface area contributed by atoms with Gasteiger partial charge in [-0.25, -0.2) is 0 Å². The van der Waals surface area contributed by atoms with Crippen LogP contribution in [-0.4, -0.2) is 151 Å². The van der Waals surface area contributed by atoms with Gasteiger partial charge in [0.05, 0.1) is 13.3 Å². The van der Waals surface area contributed by atoms with Gasteiger partial charge < -0.3 is 35.1 Å². The van der Waals surface area contributed by atoms with Crippen molar-refractivity contribution in [2.75, 3.05) is 46.6 Å². The molecule has 0 unspecified atom stereocenters. The molecule has 2 heterocycles. The van der Waals surface area contributed by atoms with Gasteiger partial charge in [-0.05, 0) is 114 Å². The quantitative estimate of drug-likeness (QED) is 0.164. The summed E-state index contributed by atoms with van der Waals surface area (Å²) in [7, 11) is -1.92. The van der Waals surface area contributed by atoms with Crippen molar-refractivity contribution in [3.8, 4) is 0 Å². The molecule has 0 aromatic rings. The molecule has 2 aliphatic heterocycles. The molecule has 0 N–H and O–H groups in total. The summed E-state index contributed by atoms with van der Waals surface area (Å²) in [4.78, 5) is 10.3. The molecule has 15 heteroatoms. The van der Waals surface area contributed by atoms with Crippen LogP contribution in [0.4, 0.5) is 0 Å². The Balaban J connectivity index is -0.0000000788. The Morgan fingerprint density at radius 3 is 0.860 bits per heavy atom. The van der Waals surface area contributed by atoms with Gasteiger partial charge >= 0.3 is 60.8 Å². The first kappa shape index (κ1) is 67.9. The molecule has 0 saturated carbocycles. The average Bonchev–Trinajstić information content (AvgIpc) is 3.50. The van der Waals surface area contributed by atoms with Crippen molar-refractivity contribution in [3.63, 3.8) is 0 Å². The predicted molar refractivity (Wildman–Crippen MR) is 227 cm³/mol. The second-order valence-corrected chi connectivity index (χ2v) is 38.7. The molecule has 2 fully saturated rings. The summed E-state index contributed by atoms with van der Waals surface area (Å²) in [6, 6.07) is 2.46. The molecule has 0 radical (unpaired) electrons. The molecule has 0 atom stereocenters. The van der Waals surface area contributed by atoms with Crippen molar-refractivity contribution in [3.05, 3.63) is 4.65 Å². The van der Waals surface area contributed by atoms with Crippen LogP contribution in [0.3, 0.4) is 0 Å². The van der Waals surface area contributed by atoms with Crippen molar-refractivity contribution in [2.24, 2.45) is 0 Å². The van der Waals surface area contributed by atoms with Gasteiger partial charge in [0.15, 0.2) is 0 Å². The fourth-order valence-electron chi connectivity index (χ4n) is 6.18. The van der Waals surface area contributed by atoms with E-state index in [4.69, 9.17) is 4.65 Å². The van der Waals surface area contributed by atoms with E-state index in [1.54, 1.807) is 0 Å². The monoisotopic (exact) mass is 813 g/mol. The molecule has 0 aromatic heterocycles.